The first-order valence-electron chi connectivity index (χ1n) is 8.85. The van der Waals surface area contributed by atoms with E-state index in [1.165, 1.54) is 47.8 Å². The molecule has 0 heterocycles. The fraction of sp³-hybridized carbons (Fsp3) is 0.400. The van der Waals surface area contributed by atoms with Crippen LogP contribution in [-0.2, 0) is 0 Å². The Balaban J connectivity index is 2.30. The number of phenolic OH excluding ortho intramolecular Hbond substituents is 4. The van der Waals surface area contributed by atoms with E-state index in [-0.39, 0.29) is 23.0 Å². The molecule has 2 aromatic rings. The number of thioether (sulfide) groups is 2. The molecule has 0 saturated heterocycles. The van der Waals surface area contributed by atoms with Crippen molar-refractivity contribution in [1.82, 2.24) is 0 Å². The molecule has 0 aliphatic rings. The van der Waals surface area contributed by atoms with E-state index in [0.717, 1.165) is 37.2 Å². The van der Waals surface area contributed by atoms with Crippen LogP contribution in [0.2, 0.25) is 0 Å². The minimum absolute atomic E-state index is 0.0390. The van der Waals surface area contributed by atoms with Gasteiger partial charge in [0.25, 0.3) is 0 Å². The van der Waals surface area contributed by atoms with Gasteiger partial charge in [0.2, 0.25) is 0 Å². The van der Waals surface area contributed by atoms with Crippen molar-refractivity contribution in [1.29, 1.82) is 0 Å². The van der Waals surface area contributed by atoms with Crippen LogP contribution in [0.1, 0.15) is 39.5 Å². The van der Waals surface area contributed by atoms with Crippen LogP contribution in [0, 0.1) is 0 Å². The first-order valence-corrected chi connectivity index (χ1v) is 10.8. The van der Waals surface area contributed by atoms with E-state index in [9.17, 15) is 20.4 Å². The molecule has 6 heteroatoms. The highest BCUT2D eigenvalue weighted by Crippen LogP contribution is 2.45. The summed E-state index contributed by atoms with van der Waals surface area (Å²) in [7, 11) is 0. The van der Waals surface area contributed by atoms with Gasteiger partial charge in [-0.15, -0.1) is 23.5 Å². The lowest BCUT2D eigenvalue weighted by Gasteiger charge is -2.13. The number of benzene rings is 2. The van der Waals surface area contributed by atoms with Gasteiger partial charge in [-0.25, -0.2) is 0 Å². The molecule has 142 valence electrons. The Morgan fingerprint density at radius 2 is 1.00 bits per heavy atom. The van der Waals surface area contributed by atoms with Gasteiger partial charge in [-0.05, 0) is 48.6 Å². The van der Waals surface area contributed by atoms with E-state index in [0.29, 0.717) is 20.9 Å². The average Bonchev–Trinajstić information content (AvgIpc) is 2.61. The molecule has 0 atom stereocenters. The normalized spacial score (nSPS) is 11.0. The van der Waals surface area contributed by atoms with Crippen molar-refractivity contribution in [2.75, 3.05) is 11.5 Å². The molecule has 2 rings (SSSR count). The van der Waals surface area contributed by atoms with Gasteiger partial charge in [0, 0.05) is 11.1 Å². The first-order chi connectivity index (χ1) is 12.5. The molecule has 4 nitrogen and oxygen atoms in total. The van der Waals surface area contributed by atoms with Crippen molar-refractivity contribution in [3.63, 3.8) is 0 Å². The van der Waals surface area contributed by atoms with E-state index >= 15 is 0 Å². The third kappa shape index (κ3) is 5.17. The molecule has 0 amide bonds. The second kappa shape index (κ2) is 9.88. The Labute approximate surface area is 163 Å². The minimum atomic E-state index is -0.0390. The lowest BCUT2D eigenvalue weighted by molar-refractivity contribution is 0.444. The molecular weight excluding hydrogens is 368 g/mol. The quantitative estimate of drug-likeness (QED) is 0.239. The van der Waals surface area contributed by atoms with Crippen molar-refractivity contribution in [3.05, 3.63) is 24.3 Å². The third-order valence-corrected chi connectivity index (χ3v) is 6.22. The summed E-state index contributed by atoms with van der Waals surface area (Å²) in [5, 5.41) is 41.2. The van der Waals surface area contributed by atoms with Gasteiger partial charge in [0.15, 0.2) is 0 Å². The summed E-state index contributed by atoms with van der Waals surface area (Å²) in [6, 6.07) is 5.88. The van der Waals surface area contributed by atoms with Crippen LogP contribution < -0.4 is 0 Å². The standard InChI is InChI=1S/C20H26O4S2/c1-3-5-7-25-19-11-15(21)13(9-17(19)23)14-10-18(24)20(12-16(14)22)26-8-6-4-2/h9-12,21-24H,3-8H2,1-2H3. The number of phenols is 4. The molecule has 0 saturated carbocycles. The summed E-state index contributed by atoms with van der Waals surface area (Å²) in [6.07, 6.45) is 4.18. The smallest absolute Gasteiger partial charge is 0.130 e. The van der Waals surface area contributed by atoms with Crippen LogP contribution in [0.25, 0.3) is 11.1 Å². The number of hydrogen-bond donors (Lipinski definition) is 4. The summed E-state index contributed by atoms with van der Waals surface area (Å²) < 4.78 is 0. The Morgan fingerprint density at radius 1 is 0.615 bits per heavy atom. The maximum Gasteiger partial charge on any atom is 0.130 e. The minimum Gasteiger partial charge on any atom is -0.507 e. The monoisotopic (exact) mass is 394 g/mol. The summed E-state index contributed by atoms with van der Waals surface area (Å²) in [6.45, 7) is 4.20. The van der Waals surface area contributed by atoms with E-state index in [1.807, 2.05) is 0 Å². The fourth-order valence-corrected chi connectivity index (χ4v) is 4.54. The summed E-state index contributed by atoms with van der Waals surface area (Å²) in [5.74, 6) is 1.75. The molecule has 0 fully saturated rings. The van der Waals surface area contributed by atoms with Crippen molar-refractivity contribution in [2.24, 2.45) is 0 Å². The largest absolute Gasteiger partial charge is 0.507 e. The summed E-state index contributed by atoms with van der Waals surface area (Å²) >= 11 is 2.97. The lowest BCUT2D eigenvalue weighted by Crippen LogP contribution is -1.87. The van der Waals surface area contributed by atoms with Gasteiger partial charge in [0.05, 0.1) is 9.79 Å². The highest BCUT2D eigenvalue weighted by atomic mass is 32.2. The number of rotatable bonds is 9. The molecule has 0 bridgehead atoms. The van der Waals surface area contributed by atoms with Gasteiger partial charge >= 0.3 is 0 Å². The molecule has 0 radical (unpaired) electrons. The molecule has 2 aromatic carbocycles. The van der Waals surface area contributed by atoms with Crippen molar-refractivity contribution in [2.45, 2.75) is 49.3 Å². The lowest BCUT2D eigenvalue weighted by atomic mass is 10.0. The van der Waals surface area contributed by atoms with Gasteiger partial charge in [-0.3, -0.25) is 0 Å². The predicted molar refractivity (Wildman–Crippen MR) is 110 cm³/mol. The van der Waals surface area contributed by atoms with Crippen molar-refractivity contribution in [3.8, 4) is 34.1 Å². The van der Waals surface area contributed by atoms with Crippen LogP contribution in [0.3, 0.4) is 0 Å². The van der Waals surface area contributed by atoms with Gasteiger partial charge in [-0.1, -0.05) is 26.7 Å². The molecule has 0 aliphatic carbocycles. The van der Waals surface area contributed by atoms with Gasteiger partial charge in [-0.2, -0.15) is 0 Å². The highest BCUT2D eigenvalue weighted by Gasteiger charge is 2.16. The highest BCUT2D eigenvalue weighted by molar-refractivity contribution is 7.99. The van der Waals surface area contributed by atoms with Crippen LogP contribution in [0.15, 0.2) is 34.1 Å². The Morgan fingerprint density at radius 3 is 1.35 bits per heavy atom. The fourth-order valence-electron chi connectivity index (χ4n) is 2.43. The van der Waals surface area contributed by atoms with E-state index < -0.39 is 0 Å². The molecule has 4 N–H and O–H groups in total. The summed E-state index contributed by atoms with van der Waals surface area (Å²) in [4.78, 5) is 1.21. The number of aromatic hydroxyl groups is 4. The average molecular weight is 395 g/mol. The van der Waals surface area contributed by atoms with E-state index in [1.54, 1.807) is 0 Å². The Hall–Kier alpha value is -1.66. The van der Waals surface area contributed by atoms with Gasteiger partial charge < -0.3 is 20.4 Å². The Bertz CT molecular complexity index is 684. The van der Waals surface area contributed by atoms with E-state index in [2.05, 4.69) is 13.8 Å². The maximum absolute atomic E-state index is 10.4. The number of unbranched alkanes of at least 4 members (excludes halogenated alkanes) is 2. The van der Waals surface area contributed by atoms with Crippen LogP contribution in [-0.4, -0.2) is 31.9 Å². The molecule has 0 aliphatic heterocycles. The zero-order valence-corrected chi connectivity index (χ0v) is 16.8. The second-order valence-electron chi connectivity index (χ2n) is 6.08. The molecular formula is C20H26O4S2. The Kier molecular flexibility index (Phi) is 7.85. The predicted octanol–water partition coefficient (Wildman–Crippen LogP) is 5.96. The van der Waals surface area contributed by atoms with Crippen LogP contribution >= 0.6 is 23.5 Å². The van der Waals surface area contributed by atoms with Gasteiger partial charge in [0.1, 0.15) is 23.0 Å². The van der Waals surface area contributed by atoms with Crippen molar-refractivity contribution < 1.29 is 20.4 Å². The second-order valence-corrected chi connectivity index (χ2v) is 8.35. The SMILES string of the molecule is CCCCSc1cc(O)c(-c2cc(O)c(SCCCC)cc2O)cc1O. The molecule has 0 spiro atoms. The number of hydrogen-bond acceptors (Lipinski definition) is 6. The topological polar surface area (TPSA) is 80.9 Å². The van der Waals surface area contributed by atoms with Crippen molar-refractivity contribution >= 4 is 23.5 Å². The zero-order valence-electron chi connectivity index (χ0n) is 15.2. The maximum atomic E-state index is 10.4. The molecule has 0 aromatic heterocycles. The third-order valence-electron chi connectivity index (χ3n) is 3.96. The summed E-state index contributed by atoms with van der Waals surface area (Å²) in [5.41, 5.74) is 0.584. The van der Waals surface area contributed by atoms with E-state index in [4.69, 9.17) is 0 Å². The van der Waals surface area contributed by atoms with Crippen LogP contribution in [0.5, 0.6) is 23.0 Å². The molecule has 26 heavy (non-hydrogen) atoms. The first kappa shape index (κ1) is 20.6. The molecule has 0 unspecified atom stereocenters. The zero-order chi connectivity index (χ0) is 19.1. The van der Waals surface area contributed by atoms with Crippen LogP contribution in [0.4, 0.5) is 0 Å².